The van der Waals surface area contributed by atoms with E-state index in [1.807, 2.05) is 39.4 Å². The molecule has 160 valence electrons. The number of nitrogens with zero attached hydrogens (tertiary/aromatic N) is 7. The van der Waals surface area contributed by atoms with E-state index < -0.39 is 0 Å². The molecule has 30 heavy (non-hydrogen) atoms. The molecular formula is C21H29N7O2. The molecule has 4 rings (SSSR count). The van der Waals surface area contributed by atoms with Crippen molar-refractivity contribution in [3.05, 3.63) is 29.1 Å². The van der Waals surface area contributed by atoms with Gasteiger partial charge in [0, 0.05) is 32.9 Å². The lowest BCUT2D eigenvalue weighted by atomic mass is 9.96. The van der Waals surface area contributed by atoms with Crippen LogP contribution in [0.5, 0.6) is 0 Å². The minimum absolute atomic E-state index is 0.329. The average molecular weight is 412 g/mol. The molecule has 0 aliphatic carbocycles. The first-order valence-corrected chi connectivity index (χ1v) is 10.5. The quantitative estimate of drug-likeness (QED) is 0.596. The number of pyridine rings is 1. The zero-order valence-electron chi connectivity index (χ0n) is 18.3. The highest BCUT2D eigenvalue weighted by atomic mass is 16.5. The first-order chi connectivity index (χ1) is 14.4. The van der Waals surface area contributed by atoms with Crippen LogP contribution < -0.4 is 4.90 Å². The summed E-state index contributed by atoms with van der Waals surface area (Å²) in [5, 5.41) is 10.0. The van der Waals surface area contributed by atoms with E-state index in [-0.39, 0.29) is 5.97 Å². The van der Waals surface area contributed by atoms with Crippen LogP contribution in [-0.2, 0) is 18.3 Å². The Morgan fingerprint density at radius 3 is 2.77 bits per heavy atom. The Labute approximate surface area is 176 Å². The van der Waals surface area contributed by atoms with Gasteiger partial charge in [0.05, 0.1) is 23.4 Å². The van der Waals surface area contributed by atoms with Gasteiger partial charge in [0.1, 0.15) is 17.2 Å². The highest BCUT2D eigenvalue weighted by molar-refractivity contribution is 6.05. The fourth-order valence-corrected chi connectivity index (χ4v) is 4.48. The number of fused-ring (bicyclic) bond motifs is 1. The molecule has 1 aliphatic rings. The lowest BCUT2D eigenvalue weighted by Gasteiger charge is -2.35. The van der Waals surface area contributed by atoms with Crippen LogP contribution in [0, 0.1) is 26.7 Å². The maximum Gasteiger partial charge on any atom is 0.341 e. The van der Waals surface area contributed by atoms with Crippen LogP contribution in [0.3, 0.4) is 0 Å². The van der Waals surface area contributed by atoms with E-state index in [9.17, 15) is 4.79 Å². The summed E-state index contributed by atoms with van der Waals surface area (Å²) >= 11 is 0. The molecule has 4 heterocycles. The Morgan fingerprint density at radius 1 is 1.27 bits per heavy atom. The van der Waals surface area contributed by atoms with E-state index in [0.29, 0.717) is 18.1 Å². The summed E-state index contributed by atoms with van der Waals surface area (Å²) < 4.78 is 9.10. The van der Waals surface area contributed by atoms with Gasteiger partial charge in [-0.25, -0.2) is 19.4 Å². The van der Waals surface area contributed by atoms with Crippen molar-refractivity contribution in [3.63, 3.8) is 0 Å². The van der Waals surface area contributed by atoms with Gasteiger partial charge in [-0.3, -0.25) is 4.68 Å². The number of esters is 1. The summed E-state index contributed by atoms with van der Waals surface area (Å²) in [6, 6.07) is 0. The standard InChI is InChI=1S/C21H29N7O2/c1-6-30-21(29)17-10-22-20-18(13(2)24-26(20)5)19(17)27-9-7-8-16(11-27)12-28-15(4)23-14(3)25-28/h10,16H,6-9,11-12H2,1-5H3. The molecule has 0 aromatic carbocycles. The van der Waals surface area contributed by atoms with Gasteiger partial charge in [0.25, 0.3) is 0 Å². The number of anilines is 1. The van der Waals surface area contributed by atoms with E-state index in [4.69, 9.17) is 4.74 Å². The van der Waals surface area contributed by atoms with Crippen LogP contribution in [0.25, 0.3) is 11.0 Å². The molecular weight excluding hydrogens is 382 g/mol. The molecule has 0 saturated carbocycles. The van der Waals surface area contributed by atoms with E-state index in [2.05, 4.69) is 25.1 Å². The molecule has 1 aliphatic heterocycles. The summed E-state index contributed by atoms with van der Waals surface area (Å²) in [6.45, 7) is 10.5. The van der Waals surface area contributed by atoms with Gasteiger partial charge in [0.2, 0.25) is 0 Å². The maximum atomic E-state index is 12.8. The van der Waals surface area contributed by atoms with Crippen molar-refractivity contribution in [1.29, 1.82) is 0 Å². The number of carbonyl (C=O) groups excluding carboxylic acids is 1. The third kappa shape index (κ3) is 3.64. The Balaban J connectivity index is 1.72. The van der Waals surface area contributed by atoms with Gasteiger partial charge in [-0.15, -0.1) is 0 Å². The number of carbonyl (C=O) groups is 1. The van der Waals surface area contributed by atoms with Crippen LogP contribution in [0.4, 0.5) is 5.69 Å². The summed E-state index contributed by atoms with van der Waals surface area (Å²) in [4.78, 5) is 24.0. The number of ether oxygens (including phenoxy) is 1. The summed E-state index contributed by atoms with van der Waals surface area (Å²) in [6.07, 6.45) is 3.79. The fraction of sp³-hybridized carbons (Fsp3) is 0.571. The van der Waals surface area contributed by atoms with Crippen molar-refractivity contribution >= 4 is 22.7 Å². The number of hydrogen-bond acceptors (Lipinski definition) is 7. The van der Waals surface area contributed by atoms with Crippen LogP contribution in [-0.4, -0.2) is 55.2 Å². The maximum absolute atomic E-state index is 12.8. The van der Waals surface area contributed by atoms with Crippen molar-refractivity contribution in [2.45, 2.75) is 47.1 Å². The zero-order valence-corrected chi connectivity index (χ0v) is 18.3. The number of rotatable bonds is 5. The third-order valence-corrected chi connectivity index (χ3v) is 5.72. The second kappa shape index (κ2) is 8.04. The van der Waals surface area contributed by atoms with Crippen LogP contribution >= 0.6 is 0 Å². The fourth-order valence-electron chi connectivity index (χ4n) is 4.48. The number of aromatic nitrogens is 6. The zero-order chi connectivity index (χ0) is 21.4. The molecule has 0 bridgehead atoms. The van der Waals surface area contributed by atoms with Crippen molar-refractivity contribution < 1.29 is 9.53 Å². The Bertz CT molecular complexity index is 1080. The normalized spacial score (nSPS) is 17.0. The smallest absolute Gasteiger partial charge is 0.341 e. The predicted molar refractivity (Wildman–Crippen MR) is 114 cm³/mol. The minimum atomic E-state index is -0.338. The van der Waals surface area contributed by atoms with E-state index in [0.717, 1.165) is 66.5 Å². The molecule has 0 radical (unpaired) electrons. The van der Waals surface area contributed by atoms with Gasteiger partial charge >= 0.3 is 5.97 Å². The topological polar surface area (TPSA) is 91.0 Å². The average Bonchev–Trinajstić information content (AvgIpc) is 3.18. The number of hydrogen-bond donors (Lipinski definition) is 0. The van der Waals surface area contributed by atoms with Crippen LogP contribution in [0.2, 0.25) is 0 Å². The Hall–Kier alpha value is -2.97. The minimum Gasteiger partial charge on any atom is -0.462 e. The summed E-state index contributed by atoms with van der Waals surface area (Å²) in [7, 11) is 1.88. The highest BCUT2D eigenvalue weighted by Gasteiger charge is 2.29. The lowest BCUT2D eigenvalue weighted by molar-refractivity contribution is 0.0526. The molecule has 9 heteroatoms. The number of piperidine rings is 1. The van der Waals surface area contributed by atoms with E-state index >= 15 is 0 Å². The molecule has 1 unspecified atom stereocenters. The third-order valence-electron chi connectivity index (χ3n) is 5.72. The molecule has 0 amide bonds. The molecule has 1 atom stereocenters. The van der Waals surface area contributed by atoms with Crippen molar-refractivity contribution in [2.24, 2.45) is 13.0 Å². The first-order valence-electron chi connectivity index (χ1n) is 10.5. The monoisotopic (exact) mass is 411 g/mol. The molecule has 3 aromatic rings. The summed E-state index contributed by atoms with van der Waals surface area (Å²) in [5.41, 5.74) is 3.04. The molecule has 3 aromatic heterocycles. The Morgan fingerprint density at radius 2 is 2.07 bits per heavy atom. The SMILES string of the molecule is CCOC(=O)c1cnc2c(c(C)nn2C)c1N1CCCC(Cn2nc(C)nc2C)C1. The van der Waals surface area contributed by atoms with E-state index in [1.165, 1.54) is 0 Å². The van der Waals surface area contributed by atoms with Crippen LogP contribution in [0.1, 0.15) is 47.5 Å². The molecule has 0 N–H and O–H groups in total. The van der Waals surface area contributed by atoms with E-state index in [1.54, 1.807) is 10.9 Å². The second-order valence-electron chi connectivity index (χ2n) is 7.99. The summed E-state index contributed by atoms with van der Waals surface area (Å²) in [5.74, 6) is 1.81. The first kappa shape index (κ1) is 20.3. The second-order valence-corrected chi connectivity index (χ2v) is 7.99. The molecule has 0 spiro atoms. The van der Waals surface area contributed by atoms with Gasteiger partial charge in [-0.05, 0) is 46.5 Å². The number of aryl methyl sites for hydroxylation is 4. The van der Waals surface area contributed by atoms with Gasteiger partial charge < -0.3 is 9.64 Å². The molecule has 9 nitrogen and oxygen atoms in total. The Kier molecular flexibility index (Phi) is 5.44. The van der Waals surface area contributed by atoms with Gasteiger partial charge in [-0.1, -0.05) is 0 Å². The van der Waals surface area contributed by atoms with Crippen molar-refractivity contribution in [1.82, 2.24) is 29.5 Å². The predicted octanol–water partition coefficient (Wildman–Crippen LogP) is 2.58. The molecule has 1 fully saturated rings. The lowest BCUT2D eigenvalue weighted by Crippen LogP contribution is -2.38. The highest BCUT2D eigenvalue weighted by Crippen LogP contribution is 2.35. The van der Waals surface area contributed by atoms with Crippen molar-refractivity contribution in [2.75, 3.05) is 24.6 Å². The van der Waals surface area contributed by atoms with Crippen LogP contribution in [0.15, 0.2) is 6.20 Å². The van der Waals surface area contributed by atoms with Gasteiger partial charge in [-0.2, -0.15) is 10.2 Å². The van der Waals surface area contributed by atoms with Gasteiger partial charge in [0.15, 0.2) is 5.65 Å². The van der Waals surface area contributed by atoms with Crippen molar-refractivity contribution in [3.8, 4) is 0 Å². The largest absolute Gasteiger partial charge is 0.462 e. The molecule has 1 saturated heterocycles.